The maximum atomic E-state index is 12.3. The minimum atomic E-state index is -0.0522. The zero-order chi connectivity index (χ0) is 16.7. The summed E-state index contributed by atoms with van der Waals surface area (Å²) in [6.07, 6.45) is 0.931. The average molecular weight is 312 g/mol. The summed E-state index contributed by atoms with van der Waals surface area (Å²) in [5.41, 5.74) is 2.61. The molecule has 0 bridgehead atoms. The summed E-state index contributed by atoms with van der Waals surface area (Å²) in [4.78, 5) is 14.4. The van der Waals surface area contributed by atoms with Crippen molar-refractivity contribution in [3.63, 3.8) is 0 Å². The summed E-state index contributed by atoms with van der Waals surface area (Å²) in [5, 5.41) is 2.96. The van der Waals surface area contributed by atoms with Gasteiger partial charge in [-0.15, -0.1) is 0 Å². The number of methoxy groups -OCH3 is 1. The molecule has 0 aliphatic rings. The third-order valence-corrected chi connectivity index (χ3v) is 3.61. The first-order chi connectivity index (χ1) is 11.1. The van der Waals surface area contributed by atoms with Crippen molar-refractivity contribution in [1.29, 1.82) is 0 Å². The SMILES string of the molecule is COc1ccc(C(=O)NCCCN(C)C)cc1-c1ccccc1. The molecule has 0 saturated heterocycles. The highest BCUT2D eigenvalue weighted by Gasteiger charge is 2.11. The van der Waals surface area contributed by atoms with E-state index in [0.717, 1.165) is 29.8 Å². The lowest BCUT2D eigenvalue weighted by Crippen LogP contribution is -2.27. The molecule has 0 unspecified atom stereocenters. The maximum Gasteiger partial charge on any atom is 0.251 e. The summed E-state index contributed by atoms with van der Waals surface area (Å²) < 4.78 is 5.42. The molecule has 4 heteroatoms. The lowest BCUT2D eigenvalue weighted by molar-refractivity contribution is 0.0952. The summed E-state index contributed by atoms with van der Waals surface area (Å²) >= 11 is 0. The Kier molecular flexibility index (Phi) is 6.18. The molecule has 2 aromatic carbocycles. The number of hydrogen-bond donors (Lipinski definition) is 1. The Balaban J connectivity index is 2.13. The molecule has 0 aliphatic carbocycles. The number of amides is 1. The molecule has 0 atom stereocenters. The summed E-state index contributed by atoms with van der Waals surface area (Å²) in [7, 11) is 5.69. The van der Waals surface area contributed by atoms with E-state index in [2.05, 4.69) is 10.2 Å². The maximum absolute atomic E-state index is 12.3. The second-order valence-electron chi connectivity index (χ2n) is 5.69. The number of carbonyl (C=O) groups is 1. The number of benzene rings is 2. The fraction of sp³-hybridized carbons (Fsp3) is 0.316. The molecule has 0 aromatic heterocycles. The van der Waals surface area contributed by atoms with Crippen LogP contribution < -0.4 is 10.1 Å². The zero-order valence-electron chi connectivity index (χ0n) is 14.0. The predicted molar refractivity (Wildman–Crippen MR) is 93.9 cm³/mol. The van der Waals surface area contributed by atoms with Crippen LogP contribution in [-0.4, -0.2) is 45.1 Å². The van der Waals surface area contributed by atoms with Gasteiger partial charge in [0.25, 0.3) is 5.91 Å². The van der Waals surface area contributed by atoms with E-state index in [9.17, 15) is 4.79 Å². The number of carbonyl (C=O) groups excluding carboxylic acids is 1. The molecule has 1 amide bonds. The topological polar surface area (TPSA) is 41.6 Å². The van der Waals surface area contributed by atoms with Crippen molar-refractivity contribution in [2.75, 3.05) is 34.3 Å². The zero-order valence-corrected chi connectivity index (χ0v) is 14.0. The van der Waals surface area contributed by atoms with Gasteiger partial charge in [-0.3, -0.25) is 4.79 Å². The number of hydrogen-bond acceptors (Lipinski definition) is 3. The highest BCUT2D eigenvalue weighted by atomic mass is 16.5. The van der Waals surface area contributed by atoms with Crippen LogP contribution in [0.4, 0.5) is 0 Å². The van der Waals surface area contributed by atoms with E-state index in [1.807, 2.05) is 56.6 Å². The van der Waals surface area contributed by atoms with Crippen LogP contribution in [0.1, 0.15) is 16.8 Å². The molecule has 0 radical (unpaired) electrons. The molecule has 0 saturated carbocycles. The molecule has 0 spiro atoms. The smallest absolute Gasteiger partial charge is 0.251 e. The van der Waals surface area contributed by atoms with E-state index in [0.29, 0.717) is 12.1 Å². The summed E-state index contributed by atoms with van der Waals surface area (Å²) in [6.45, 7) is 1.63. The van der Waals surface area contributed by atoms with Crippen LogP contribution in [0.2, 0.25) is 0 Å². The second-order valence-corrected chi connectivity index (χ2v) is 5.69. The van der Waals surface area contributed by atoms with Crippen LogP contribution in [0.15, 0.2) is 48.5 Å². The standard InChI is InChI=1S/C19H24N2O2/c1-21(2)13-7-12-20-19(22)16-10-11-18(23-3)17(14-16)15-8-5-4-6-9-15/h4-6,8-11,14H,7,12-13H2,1-3H3,(H,20,22). The van der Waals surface area contributed by atoms with Crippen molar-refractivity contribution >= 4 is 5.91 Å². The van der Waals surface area contributed by atoms with E-state index in [1.54, 1.807) is 13.2 Å². The Morgan fingerprint density at radius 2 is 1.87 bits per heavy atom. The quantitative estimate of drug-likeness (QED) is 0.799. The summed E-state index contributed by atoms with van der Waals surface area (Å²) in [6, 6.07) is 15.5. The third kappa shape index (κ3) is 4.83. The molecule has 2 rings (SSSR count). The van der Waals surface area contributed by atoms with Crippen LogP contribution >= 0.6 is 0 Å². The van der Waals surface area contributed by atoms with Crippen LogP contribution in [0.3, 0.4) is 0 Å². The first-order valence-electron chi connectivity index (χ1n) is 7.78. The van der Waals surface area contributed by atoms with Gasteiger partial charge in [0.15, 0.2) is 0 Å². The van der Waals surface area contributed by atoms with E-state index < -0.39 is 0 Å². The molecular weight excluding hydrogens is 288 g/mol. The van der Waals surface area contributed by atoms with Crippen LogP contribution in [0, 0.1) is 0 Å². The van der Waals surface area contributed by atoms with Gasteiger partial charge >= 0.3 is 0 Å². The van der Waals surface area contributed by atoms with E-state index in [-0.39, 0.29) is 5.91 Å². The molecule has 0 aliphatic heterocycles. The minimum absolute atomic E-state index is 0.0522. The lowest BCUT2D eigenvalue weighted by atomic mass is 10.0. The third-order valence-electron chi connectivity index (χ3n) is 3.61. The largest absolute Gasteiger partial charge is 0.496 e. The van der Waals surface area contributed by atoms with Gasteiger partial charge in [-0.1, -0.05) is 30.3 Å². The first kappa shape index (κ1) is 17.0. The Bertz CT molecular complexity index is 639. The van der Waals surface area contributed by atoms with E-state index >= 15 is 0 Å². The van der Waals surface area contributed by atoms with Crippen molar-refractivity contribution in [1.82, 2.24) is 10.2 Å². The van der Waals surface area contributed by atoms with E-state index in [1.165, 1.54) is 0 Å². The molecule has 122 valence electrons. The number of nitrogens with one attached hydrogen (secondary N) is 1. The Morgan fingerprint density at radius 1 is 1.13 bits per heavy atom. The Labute approximate surface area is 138 Å². The molecule has 0 heterocycles. The van der Waals surface area contributed by atoms with Gasteiger partial charge in [-0.05, 0) is 50.8 Å². The summed E-state index contributed by atoms with van der Waals surface area (Å²) in [5.74, 6) is 0.712. The Hall–Kier alpha value is -2.33. The minimum Gasteiger partial charge on any atom is -0.496 e. The fourth-order valence-electron chi connectivity index (χ4n) is 2.39. The van der Waals surface area contributed by atoms with E-state index in [4.69, 9.17) is 4.74 Å². The van der Waals surface area contributed by atoms with Crippen molar-refractivity contribution < 1.29 is 9.53 Å². The molecule has 1 N–H and O–H groups in total. The second kappa shape index (κ2) is 8.34. The molecule has 4 nitrogen and oxygen atoms in total. The molecule has 0 fully saturated rings. The molecule has 23 heavy (non-hydrogen) atoms. The normalized spacial score (nSPS) is 10.6. The predicted octanol–water partition coefficient (Wildman–Crippen LogP) is 3.04. The van der Waals surface area contributed by atoms with Crippen molar-refractivity contribution in [2.24, 2.45) is 0 Å². The average Bonchev–Trinajstić information content (AvgIpc) is 2.58. The molecular formula is C19H24N2O2. The van der Waals surface area contributed by atoms with Crippen LogP contribution in [0.25, 0.3) is 11.1 Å². The van der Waals surface area contributed by atoms with Gasteiger partial charge in [-0.25, -0.2) is 0 Å². The van der Waals surface area contributed by atoms with Gasteiger partial charge in [0.1, 0.15) is 5.75 Å². The van der Waals surface area contributed by atoms with Gasteiger partial charge in [0.2, 0.25) is 0 Å². The van der Waals surface area contributed by atoms with Crippen molar-refractivity contribution in [2.45, 2.75) is 6.42 Å². The molecule has 2 aromatic rings. The number of rotatable bonds is 7. The van der Waals surface area contributed by atoms with Gasteiger partial charge < -0.3 is 15.0 Å². The first-order valence-corrected chi connectivity index (χ1v) is 7.78. The van der Waals surface area contributed by atoms with Gasteiger partial charge in [-0.2, -0.15) is 0 Å². The van der Waals surface area contributed by atoms with Gasteiger partial charge in [0.05, 0.1) is 7.11 Å². The number of ether oxygens (including phenoxy) is 1. The van der Waals surface area contributed by atoms with Gasteiger partial charge in [0, 0.05) is 17.7 Å². The van der Waals surface area contributed by atoms with Crippen LogP contribution in [-0.2, 0) is 0 Å². The van der Waals surface area contributed by atoms with Crippen molar-refractivity contribution in [3.05, 3.63) is 54.1 Å². The lowest BCUT2D eigenvalue weighted by Gasteiger charge is -2.12. The highest BCUT2D eigenvalue weighted by Crippen LogP contribution is 2.30. The van der Waals surface area contributed by atoms with Crippen LogP contribution in [0.5, 0.6) is 5.75 Å². The highest BCUT2D eigenvalue weighted by molar-refractivity contribution is 5.96. The fourth-order valence-corrected chi connectivity index (χ4v) is 2.39. The number of nitrogens with zero attached hydrogens (tertiary/aromatic N) is 1. The Morgan fingerprint density at radius 3 is 2.52 bits per heavy atom. The van der Waals surface area contributed by atoms with Crippen molar-refractivity contribution in [3.8, 4) is 16.9 Å². The monoisotopic (exact) mass is 312 g/mol.